The first-order chi connectivity index (χ1) is 21.8. The van der Waals surface area contributed by atoms with E-state index in [0.29, 0.717) is 53.5 Å². The molecule has 4 heterocycles. The fourth-order valence-electron chi connectivity index (χ4n) is 7.25. The van der Waals surface area contributed by atoms with Crippen LogP contribution in [0.5, 0.6) is 5.88 Å². The number of carbonyl (C=O) groups excluding carboxylic acids is 1. The highest BCUT2D eigenvalue weighted by Gasteiger charge is 2.32. The number of rotatable bonds is 4. The second-order valence-electron chi connectivity index (χ2n) is 13.5. The van der Waals surface area contributed by atoms with Crippen LogP contribution in [0.1, 0.15) is 67.4 Å². The highest BCUT2D eigenvalue weighted by atomic mass is 16.5. The smallest absolute Gasteiger partial charge is 0.258 e. The van der Waals surface area contributed by atoms with E-state index in [9.17, 15) is 4.79 Å². The number of nitrogens with zero attached hydrogens (tertiary/aromatic N) is 6. The Morgan fingerprint density at radius 2 is 1.84 bits per heavy atom. The van der Waals surface area contributed by atoms with Gasteiger partial charge in [-0.2, -0.15) is 5.10 Å². The number of ether oxygens (including phenoxy) is 1. The van der Waals surface area contributed by atoms with Gasteiger partial charge < -0.3 is 14.6 Å². The molecule has 2 bridgehead atoms. The standard InChI is InChI=1S/C35H44N8O2/c1-22-16-26-17-30(37-22)29-19-36-42(4)34(29)45-15-5-6-25(24-9-10-24)21-43-32-14-13-28(18-31(32)39-35(43)40-33(26)44)38-27-11-7-23(8-12-27)20-41(2)3/h13-14,16-20,23-25,27,38H,5-12,15,21H2,1-4H3/p+1/t23?,25-,27?/m1/s1. The Morgan fingerprint density at radius 3 is 2.62 bits per heavy atom. The lowest BCUT2D eigenvalue weighted by molar-refractivity contribution is -0.462. The Balaban J connectivity index is 1.21. The molecule has 2 aliphatic carbocycles. The third kappa shape index (κ3) is 6.46. The van der Waals surface area contributed by atoms with Crippen molar-refractivity contribution in [3.05, 3.63) is 47.8 Å². The molecule has 1 atom stereocenters. The number of fused-ring (bicyclic) bond motifs is 7. The molecule has 2 fully saturated rings. The maximum absolute atomic E-state index is 13.8. The van der Waals surface area contributed by atoms with E-state index in [1.807, 2.05) is 26.1 Å². The molecular formula is C35H45N8O2+. The zero-order chi connectivity index (χ0) is 31.1. The number of hydrogen-bond donors (Lipinski definition) is 2. The van der Waals surface area contributed by atoms with Gasteiger partial charge in [-0.25, -0.2) is 14.2 Å². The van der Waals surface area contributed by atoms with Gasteiger partial charge >= 0.3 is 0 Å². The number of carbonyl (C=O) groups is 1. The van der Waals surface area contributed by atoms with Crippen molar-refractivity contribution in [2.45, 2.75) is 70.9 Å². The molecule has 7 rings (SSSR count). The van der Waals surface area contributed by atoms with E-state index in [0.717, 1.165) is 60.2 Å². The summed E-state index contributed by atoms with van der Waals surface area (Å²) in [7, 11) is 6.10. The number of amides is 1. The van der Waals surface area contributed by atoms with Gasteiger partial charge in [0.1, 0.15) is 20.3 Å². The van der Waals surface area contributed by atoms with E-state index in [1.165, 1.54) is 25.7 Å². The lowest BCUT2D eigenvalue weighted by atomic mass is 9.86. The van der Waals surface area contributed by atoms with Crippen molar-refractivity contribution >= 4 is 34.8 Å². The van der Waals surface area contributed by atoms with Crippen molar-refractivity contribution in [2.75, 3.05) is 31.3 Å². The van der Waals surface area contributed by atoms with Gasteiger partial charge in [0.05, 0.1) is 35.1 Å². The summed E-state index contributed by atoms with van der Waals surface area (Å²) < 4.78 is 12.5. The van der Waals surface area contributed by atoms with Crippen LogP contribution in [0.2, 0.25) is 0 Å². The Kier molecular flexibility index (Phi) is 8.06. The highest BCUT2D eigenvalue weighted by Crippen LogP contribution is 2.41. The fourth-order valence-corrected chi connectivity index (χ4v) is 7.25. The van der Waals surface area contributed by atoms with E-state index < -0.39 is 0 Å². The molecule has 4 aromatic rings. The number of imidazole rings is 1. The SMILES string of the molecule is Cc1cc2cc(n1)-c1cnn(C)c1OCCC[C@@H](C1CC1)Cn1c(nc3cc(NC4CCC(C=[N+](C)C)CC4)ccc31)NC2=O. The minimum Gasteiger partial charge on any atom is -0.477 e. The van der Waals surface area contributed by atoms with Crippen molar-refractivity contribution in [3.63, 3.8) is 0 Å². The molecule has 0 radical (unpaired) electrons. The molecule has 3 aromatic heterocycles. The Morgan fingerprint density at radius 1 is 1.02 bits per heavy atom. The molecule has 10 heteroatoms. The van der Waals surface area contributed by atoms with Crippen molar-refractivity contribution in [3.8, 4) is 17.1 Å². The largest absolute Gasteiger partial charge is 0.477 e. The second kappa shape index (κ2) is 12.3. The van der Waals surface area contributed by atoms with Gasteiger partial charge in [0.25, 0.3) is 5.91 Å². The number of aryl methyl sites for hydroxylation is 2. The molecule has 1 amide bonds. The molecule has 45 heavy (non-hydrogen) atoms. The number of anilines is 2. The van der Waals surface area contributed by atoms with Crippen LogP contribution in [0.4, 0.5) is 11.6 Å². The minimum absolute atomic E-state index is 0.202. The van der Waals surface area contributed by atoms with Crippen molar-refractivity contribution in [2.24, 2.45) is 24.8 Å². The molecular weight excluding hydrogens is 564 g/mol. The quantitative estimate of drug-likeness (QED) is 0.221. The van der Waals surface area contributed by atoms with E-state index >= 15 is 0 Å². The zero-order valence-electron chi connectivity index (χ0n) is 26.9. The summed E-state index contributed by atoms with van der Waals surface area (Å²) in [6.45, 7) is 3.32. The predicted octanol–water partition coefficient (Wildman–Crippen LogP) is 5.90. The monoisotopic (exact) mass is 609 g/mol. The molecule has 236 valence electrons. The summed E-state index contributed by atoms with van der Waals surface area (Å²) in [6, 6.07) is 10.6. The van der Waals surface area contributed by atoms with Gasteiger partial charge in [0, 0.05) is 42.5 Å². The summed E-state index contributed by atoms with van der Waals surface area (Å²) >= 11 is 0. The molecule has 2 N–H and O–H groups in total. The van der Waals surface area contributed by atoms with Gasteiger partial charge in [-0.15, -0.1) is 0 Å². The normalized spacial score (nSPS) is 22.3. The summed E-state index contributed by atoms with van der Waals surface area (Å²) in [5, 5.41) is 11.4. The Labute approximate surface area is 264 Å². The summed E-state index contributed by atoms with van der Waals surface area (Å²) in [4.78, 5) is 23.6. The van der Waals surface area contributed by atoms with Crippen molar-refractivity contribution in [1.82, 2.24) is 24.3 Å². The van der Waals surface area contributed by atoms with Crippen LogP contribution < -0.4 is 15.4 Å². The van der Waals surface area contributed by atoms with Crippen LogP contribution in [0.25, 0.3) is 22.3 Å². The summed E-state index contributed by atoms with van der Waals surface area (Å²) in [5.74, 6) is 2.91. The first-order valence-corrected chi connectivity index (χ1v) is 16.5. The number of nitrogens with one attached hydrogen (secondary N) is 2. The lowest BCUT2D eigenvalue weighted by Crippen LogP contribution is -2.27. The topological polar surface area (TPSA) is 102 Å². The minimum atomic E-state index is -0.202. The molecule has 0 spiro atoms. The van der Waals surface area contributed by atoms with E-state index in [2.05, 4.69) is 63.4 Å². The van der Waals surface area contributed by atoms with Gasteiger partial charge in [0.2, 0.25) is 11.8 Å². The zero-order valence-corrected chi connectivity index (χ0v) is 26.9. The van der Waals surface area contributed by atoms with Crippen molar-refractivity contribution < 1.29 is 14.1 Å². The van der Waals surface area contributed by atoms with E-state index in [1.54, 1.807) is 10.9 Å². The summed E-state index contributed by atoms with van der Waals surface area (Å²) in [6.07, 6.45) is 13.3. The Hall–Kier alpha value is -4.21. The number of aromatic nitrogens is 5. The predicted molar refractivity (Wildman–Crippen MR) is 177 cm³/mol. The van der Waals surface area contributed by atoms with Gasteiger partial charge in [-0.3, -0.25) is 15.1 Å². The second-order valence-corrected chi connectivity index (χ2v) is 13.5. The van der Waals surface area contributed by atoms with Crippen LogP contribution in [-0.2, 0) is 13.6 Å². The van der Waals surface area contributed by atoms with E-state index in [4.69, 9.17) is 14.7 Å². The van der Waals surface area contributed by atoms with Crippen LogP contribution in [-0.4, -0.2) is 67.8 Å². The number of benzene rings is 1. The van der Waals surface area contributed by atoms with Crippen LogP contribution in [0.15, 0.2) is 36.5 Å². The average Bonchev–Trinajstić information content (AvgIpc) is 3.71. The molecule has 1 aromatic carbocycles. The maximum Gasteiger partial charge on any atom is 0.258 e. The highest BCUT2D eigenvalue weighted by molar-refractivity contribution is 6.05. The maximum atomic E-state index is 13.8. The molecule has 2 saturated carbocycles. The molecule has 0 saturated heterocycles. The first kappa shape index (κ1) is 29.5. The fraction of sp³-hybridized carbons (Fsp3) is 0.514. The number of hydrogen-bond acceptors (Lipinski definition) is 6. The molecule has 0 unspecified atom stereocenters. The third-order valence-electron chi connectivity index (χ3n) is 9.66. The van der Waals surface area contributed by atoms with Gasteiger partial charge in [-0.05, 0) is 100 Å². The third-order valence-corrected chi connectivity index (χ3v) is 9.66. The van der Waals surface area contributed by atoms with Gasteiger partial charge in [0.15, 0.2) is 0 Å². The van der Waals surface area contributed by atoms with Gasteiger partial charge in [-0.1, -0.05) is 0 Å². The van der Waals surface area contributed by atoms with Crippen LogP contribution >= 0.6 is 0 Å². The van der Waals surface area contributed by atoms with Crippen LogP contribution in [0.3, 0.4) is 0 Å². The average molecular weight is 610 g/mol. The van der Waals surface area contributed by atoms with Crippen molar-refractivity contribution in [1.29, 1.82) is 0 Å². The summed E-state index contributed by atoms with van der Waals surface area (Å²) in [5.41, 5.74) is 5.79. The molecule has 1 aliphatic heterocycles. The van der Waals surface area contributed by atoms with E-state index in [-0.39, 0.29) is 5.91 Å². The molecule has 10 nitrogen and oxygen atoms in total. The van der Waals surface area contributed by atoms with Crippen LogP contribution in [0, 0.1) is 24.7 Å². The number of pyridine rings is 1. The first-order valence-electron chi connectivity index (χ1n) is 16.5. The lowest BCUT2D eigenvalue weighted by Gasteiger charge is -2.27. The Bertz CT molecular complexity index is 1740. The molecule has 3 aliphatic rings.